The summed E-state index contributed by atoms with van der Waals surface area (Å²) < 4.78 is 0. The molecular formula is C11H11NO3. The van der Waals surface area contributed by atoms with Crippen LogP contribution in [0.5, 0.6) is 5.75 Å². The number of hydrogen-bond acceptors (Lipinski definition) is 3. The monoisotopic (exact) mass is 205 g/mol. The Morgan fingerprint density at radius 1 is 1.20 bits per heavy atom. The van der Waals surface area contributed by atoms with E-state index in [1.807, 2.05) is 0 Å². The van der Waals surface area contributed by atoms with Gasteiger partial charge in [-0.15, -0.1) is 0 Å². The number of nitrogens with one attached hydrogen (secondary N) is 1. The molecule has 15 heavy (non-hydrogen) atoms. The zero-order valence-corrected chi connectivity index (χ0v) is 8.06. The summed E-state index contributed by atoms with van der Waals surface area (Å²) >= 11 is 0. The fraction of sp³-hybridized carbons (Fsp3) is 0.273. The highest BCUT2D eigenvalue weighted by Crippen LogP contribution is 2.25. The van der Waals surface area contributed by atoms with E-state index in [0.29, 0.717) is 12.8 Å². The van der Waals surface area contributed by atoms with Gasteiger partial charge in [-0.1, -0.05) is 12.1 Å². The van der Waals surface area contributed by atoms with E-state index in [1.165, 1.54) is 0 Å². The van der Waals surface area contributed by atoms with Gasteiger partial charge in [0.2, 0.25) is 11.8 Å². The fourth-order valence-electron chi connectivity index (χ4n) is 1.72. The van der Waals surface area contributed by atoms with E-state index in [9.17, 15) is 9.59 Å². The molecule has 1 aromatic carbocycles. The van der Waals surface area contributed by atoms with Crippen molar-refractivity contribution in [2.24, 2.45) is 0 Å². The standard InChI is InChI=1S/C11H11NO3/c13-8-3-1-7(2-4-8)9-5-6-10(14)12-11(9)15/h1-4,9,13H,5-6H2,(H,12,14,15). The number of imide groups is 1. The second-order valence-corrected chi connectivity index (χ2v) is 3.60. The predicted molar refractivity (Wildman–Crippen MR) is 53.2 cm³/mol. The maximum atomic E-state index is 11.5. The van der Waals surface area contributed by atoms with Gasteiger partial charge in [-0.3, -0.25) is 14.9 Å². The number of amides is 2. The Hall–Kier alpha value is -1.84. The number of carbonyl (C=O) groups excluding carboxylic acids is 2. The minimum absolute atomic E-state index is 0.172. The Bertz CT molecular complexity index is 397. The van der Waals surface area contributed by atoms with Gasteiger partial charge in [-0.25, -0.2) is 0 Å². The quantitative estimate of drug-likeness (QED) is 0.670. The number of carbonyl (C=O) groups is 2. The Kier molecular flexibility index (Phi) is 2.41. The van der Waals surface area contributed by atoms with Crippen molar-refractivity contribution in [1.82, 2.24) is 5.32 Å². The molecule has 0 radical (unpaired) electrons. The van der Waals surface area contributed by atoms with Gasteiger partial charge in [0.05, 0.1) is 5.92 Å². The SMILES string of the molecule is O=C1CCC(c2ccc(O)cc2)C(=O)N1. The Labute approximate surface area is 86.9 Å². The Balaban J connectivity index is 2.20. The topological polar surface area (TPSA) is 66.4 Å². The van der Waals surface area contributed by atoms with Gasteiger partial charge in [-0.05, 0) is 24.1 Å². The molecule has 0 spiro atoms. The van der Waals surface area contributed by atoms with Crippen LogP contribution in [-0.4, -0.2) is 16.9 Å². The molecule has 2 rings (SSSR count). The molecule has 1 heterocycles. The summed E-state index contributed by atoms with van der Waals surface area (Å²) in [5, 5.41) is 11.4. The average molecular weight is 205 g/mol. The third-order valence-corrected chi connectivity index (χ3v) is 2.53. The van der Waals surface area contributed by atoms with E-state index in [-0.39, 0.29) is 23.5 Å². The lowest BCUT2D eigenvalue weighted by Gasteiger charge is -2.20. The van der Waals surface area contributed by atoms with Crippen molar-refractivity contribution in [1.29, 1.82) is 0 Å². The van der Waals surface area contributed by atoms with Gasteiger partial charge in [-0.2, -0.15) is 0 Å². The first kappa shape index (κ1) is 9.71. The van der Waals surface area contributed by atoms with Crippen LogP contribution in [0.4, 0.5) is 0 Å². The highest BCUT2D eigenvalue weighted by Gasteiger charge is 2.27. The first-order valence-electron chi connectivity index (χ1n) is 4.79. The molecular weight excluding hydrogens is 194 g/mol. The molecule has 0 bridgehead atoms. The van der Waals surface area contributed by atoms with E-state index >= 15 is 0 Å². The lowest BCUT2D eigenvalue weighted by molar-refractivity contribution is -0.134. The predicted octanol–water partition coefficient (Wildman–Crippen LogP) is 0.912. The van der Waals surface area contributed by atoms with Crippen molar-refractivity contribution in [3.8, 4) is 5.75 Å². The maximum absolute atomic E-state index is 11.5. The minimum Gasteiger partial charge on any atom is -0.508 e. The van der Waals surface area contributed by atoms with Crippen LogP contribution in [0, 0.1) is 0 Å². The number of rotatable bonds is 1. The molecule has 1 aliphatic rings. The summed E-state index contributed by atoms with van der Waals surface area (Å²) in [7, 11) is 0. The molecule has 1 saturated heterocycles. The van der Waals surface area contributed by atoms with Crippen LogP contribution < -0.4 is 5.32 Å². The van der Waals surface area contributed by atoms with Crippen molar-refractivity contribution in [3.05, 3.63) is 29.8 Å². The molecule has 4 heteroatoms. The first-order valence-corrected chi connectivity index (χ1v) is 4.79. The number of phenolic OH excluding ortho intramolecular Hbond substituents is 1. The summed E-state index contributed by atoms with van der Waals surface area (Å²) in [6.45, 7) is 0. The van der Waals surface area contributed by atoms with E-state index in [4.69, 9.17) is 5.11 Å². The molecule has 0 aromatic heterocycles. The van der Waals surface area contributed by atoms with Gasteiger partial charge in [0, 0.05) is 6.42 Å². The third kappa shape index (κ3) is 1.98. The van der Waals surface area contributed by atoms with E-state index in [0.717, 1.165) is 5.56 Å². The van der Waals surface area contributed by atoms with Crippen LogP contribution in [0.15, 0.2) is 24.3 Å². The molecule has 1 aromatic rings. The zero-order valence-electron chi connectivity index (χ0n) is 8.06. The second kappa shape index (κ2) is 3.73. The number of phenols is 1. The van der Waals surface area contributed by atoms with Crippen molar-refractivity contribution in [2.45, 2.75) is 18.8 Å². The van der Waals surface area contributed by atoms with Crippen LogP contribution in [0.1, 0.15) is 24.3 Å². The van der Waals surface area contributed by atoms with Crippen molar-refractivity contribution < 1.29 is 14.7 Å². The number of piperidine rings is 1. The van der Waals surface area contributed by atoms with Crippen LogP contribution >= 0.6 is 0 Å². The Morgan fingerprint density at radius 3 is 2.47 bits per heavy atom. The van der Waals surface area contributed by atoms with Crippen molar-refractivity contribution in [3.63, 3.8) is 0 Å². The van der Waals surface area contributed by atoms with Crippen molar-refractivity contribution >= 4 is 11.8 Å². The first-order chi connectivity index (χ1) is 7.16. The summed E-state index contributed by atoms with van der Waals surface area (Å²) in [5.74, 6) is -0.568. The summed E-state index contributed by atoms with van der Waals surface area (Å²) in [6, 6.07) is 6.49. The van der Waals surface area contributed by atoms with E-state index in [1.54, 1.807) is 24.3 Å². The van der Waals surface area contributed by atoms with Gasteiger partial charge < -0.3 is 5.11 Å². The molecule has 0 saturated carbocycles. The van der Waals surface area contributed by atoms with Crippen LogP contribution in [0.2, 0.25) is 0 Å². The van der Waals surface area contributed by atoms with Crippen molar-refractivity contribution in [2.75, 3.05) is 0 Å². The van der Waals surface area contributed by atoms with Crippen LogP contribution in [0.25, 0.3) is 0 Å². The Morgan fingerprint density at radius 2 is 1.87 bits per heavy atom. The summed E-state index contributed by atoms with van der Waals surface area (Å²) in [6.07, 6.45) is 0.909. The normalized spacial score (nSPS) is 21.2. The minimum atomic E-state index is -0.275. The maximum Gasteiger partial charge on any atom is 0.234 e. The molecule has 1 atom stereocenters. The second-order valence-electron chi connectivity index (χ2n) is 3.60. The molecule has 78 valence electrons. The van der Waals surface area contributed by atoms with Gasteiger partial charge in [0.15, 0.2) is 0 Å². The highest BCUT2D eigenvalue weighted by atomic mass is 16.3. The third-order valence-electron chi connectivity index (χ3n) is 2.53. The molecule has 4 nitrogen and oxygen atoms in total. The summed E-state index contributed by atoms with van der Waals surface area (Å²) in [5.41, 5.74) is 0.831. The van der Waals surface area contributed by atoms with Gasteiger partial charge in [0.1, 0.15) is 5.75 Å². The number of benzene rings is 1. The molecule has 1 fully saturated rings. The molecule has 2 amide bonds. The molecule has 2 N–H and O–H groups in total. The van der Waals surface area contributed by atoms with Gasteiger partial charge >= 0.3 is 0 Å². The van der Waals surface area contributed by atoms with E-state index in [2.05, 4.69) is 5.32 Å². The smallest absolute Gasteiger partial charge is 0.234 e. The fourth-order valence-corrected chi connectivity index (χ4v) is 1.72. The summed E-state index contributed by atoms with van der Waals surface area (Å²) in [4.78, 5) is 22.4. The average Bonchev–Trinajstić information content (AvgIpc) is 2.20. The number of hydrogen-bond donors (Lipinski definition) is 2. The molecule has 0 aliphatic carbocycles. The number of aromatic hydroxyl groups is 1. The lowest BCUT2D eigenvalue weighted by atomic mass is 9.90. The largest absolute Gasteiger partial charge is 0.508 e. The molecule has 1 aliphatic heterocycles. The van der Waals surface area contributed by atoms with Gasteiger partial charge in [0.25, 0.3) is 0 Å². The van der Waals surface area contributed by atoms with E-state index < -0.39 is 0 Å². The van der Waals surface area contributed by atoms with Crippen LogP contribution in [-0.2, 0) is 9.59 Å². The lowest BCUT2D eigenvalue weighted by Crippen LogP contribution is -2.39. The molecule has 1 unspecified atom stereocenters. The van der Waals surface area contributed by atoms with Crippen LogP contribution in [0.3, 0.4) is 0 Å². The highest BCUT2D eigenvalue weighted by molar-refractivity contribution is 6.00. The zero-order chi connectivity index (χ0) is 10.8.